The molecule has 0 aliphatic carbocycles. The summed E-state index contributed by atoms with van der Waals surface area (Å²) in [6.45, 7) is 9.12. The van der Waals surface area contributed by atoms with Gasteiger partial charge < -0.3 is 4.90 Å². The summed E-state index contributed by atoms with van der Waals surface area (Å²) in [4.78, 5) is 13.7. The minimum atomic E-state index is -0.629. The van der Waals surface area contributed by atoms with Gasteiger partial charge in [-0.2, -0.15) is 0 Å². The fourth-order valence-electron chi connectivity index (χ4n) is 2.32. The van der Waals surface area contributed by atoms with E-state index in [0.29, 0.717) is 12.1 Å². The molecule has 0 radical (unpaired) electrons. The highest BCUT2D eigenvalue weighted by Crippen LogP contribution is 2.31. The molecule has 2 rings (SSSR count). The van der Waals surface area contributed by atoms with Gasteiger partial charge in [0, 0.05) is 18.2 Å². The van der Waals surface area contributed by atoms with Crippen molar-refractivity contribution in [2.75, 3.05) is 13.1 Å². The Hall–Kier alpha value is -1.49. The van der Waals surface area contributed by atoms with E-state index in [9.17, 15) is 13.6 Å². The third-order valence-corrected chi connectivity index (χ3v) is 4.28. The van der Waals surface area contributed by atoms with Gasteiger partial charge in [-0.3, -0.25) is 10.1 Å². The van der Waals surface area contributed by atoms with Crippen LogP contribution >= 0.6 is 0 Å². The Kier molecular flexibility index (Phi) is 4.33. The molecule has 1 amide bonds. The Morgan fingerprint density at radius 2 is 2.05 bits per heavy atom. The normalized spacial score (nSPS) is 21.0. The molecule has 0 aromatic heterocycles. The zero-order valence-electron chi connectivity index (χ0n) is 12.9. The van der Waals surface area contributed by atoms with E-state index in [1.807, 2.05) is 0 Å². The number of nitrogens with one attached hydrogen (secondary N) is 1. The zero-order valence-corrected chi connectivity index (χ0v) is 12.9. The van der Waals surface area contributed by atoms with Crippen LogP contribution in [0.15, 0.2) is 18.2 Å². The first-order valence-electron chi connectivity index (χ1n) is 7.18. The largest absolute Gasteiger partial charge is 0.321 e. The van der Waals surface area contributed by atoms with Crippen LogP contribution in [-0.4, -0.2) is 23.9 Å². The Morgan fingerprint density at radius 1 is 1.38 bits per heavy atom. The first kappa shape index (κ1) is 15.9. The van der Waals surface area contributed by atoms with Crippen molar-refractivity contribution in [2.45, 2.75) is 33.9 Å². The molecule has 116 valence electrons. The summed E-state index contributed by atoms with van der Waals surface area (Å²) < 4.78 is 27.0. The number of rotatable bonds is 3. The van der Waals surface area contributed by atoms with Crippen molar-refractivity contribution in [1.29, 1.82) is 0 Å². The molecule has 2 atom stereocenters. The van der Waals surface area contributed by atoms with E-state index in [1.54, 1.807) is 4.90 Å². The van der Waals surface area contributed by atoms with Gasteiger partial charge in [0.15, 0.2) is 0 Å². The quantitative estimate of drug-likeness (QED) is 0.929. The maximum absolute atomic E-state index is 14.0. The maximum atomic E-state index is 14.0. The van der Waals surface area contributed by atoms with Crippen LogP contribution in [0.2, 0.25) is 0 Å². The Balaban J connectivity index is 2.24. The Bertz CT molecular complexity index is 540. The predicted molar refractivity (Wildman–Crippen MR) is 77.4 cm³/mol. The molecule has 1 heterocycles. The van der Waals surface area contributed by atoms with Crippen molar-refractivity contribution in [2.24, 2.45) is 11.3 Å². The molecular formula is C16H22F2N2O. The van der Waals surface area contributed by atoms with Gasteiger partial charge in [0.05, 0.1) is 6.54 Å². The molecule has 0 saturated carbocycles. The van der Waals surface area contributed by atoms with E-state index in [0.717, 1.165) is 6.07 Å². The fourth-order valence-corrected chi connectivity index (χ4v) is 2.32. The van der Waals surface area contributed by atoms with E-state index in [4.69, 9.17) is 0 Å². The van der Waals surface area contributed by atoms with Gasteiger partial charge >= 0.3 is 0 Å². The average molecular weight is 296 g/mol. The maximum Gasteiger partial charge on any atom is 0.238 e. The fraction of sp³-hybridized carbons (Fsp3) is 0.562. The summed E-state index contributed by atoms with van der Waals surface area (Å²) in [6.07, 6.45) is -0.525. The molecule has 5 heteroatoms. The van der Waals surface area contributed by atoms with E-state index in [2.05, 4.69) is 33.0 Å². The molecular weight excluding hydrogens is 274 g/mol. The second kappa shape index (κ2) is 5.72. The number of carbonyl (C=O) groups is 1. The number of halogens is 2. The topological polar surface area (TPSA) is 32.3 Å². The summed E-state index contributed by atoms with van der Waals surface area (Å²) in [5, 5.41) is 3.00. The van der Waals surface area contributed by atoms with E-state index >= 15 is 0 Å². The molecule has 1 saturated heterocycles. The van der Waals surface area contributed by atoms with Crippen LogP contribution in [0.3, 0.4) is 0 Å². The van der Waals surface area contributed by atoms with Crippen molar-refractivity contribution in [1.82, 2.24) is 10.2 Å². The summed E-state index contributed by atoms with van der Waals surface area (Å²) in [7, 11) is 0. The molecule has 1 aromatic carbocycles. The molecule has 2 unspecified atom stereocenters. The third kappa shape index (κ3) is 3.40. The lowest BCUT2D eigenvalue weighted by Crippen LogP contribution is -2.38. The minimum Gasteiger partial charge on any atom is -0.321 e. The molecule has 1 fully saturated rings. The van der Waals surface area contributed by atoms with Crippen molar-refractivity contribution in [3.63, 3.8) is 0 Å². The van der Waals surface area contributed by atoms with E-state index < -0.39 is 17.8 Å². The SMILES string of the molecule is CC(CN1C(=O)CNC1c1ccc(F)cc1F)C(C)(C)C. The van der Waals surface area contributed by atoms with Crippen LogP contribution in [-0.2, 0) is 4.79 Å². The molecule has 1 N–H and O–H groups in total. The highest BCUT2D eigenvalue weighted by atomic mass is 19.1. The van der Waals surface area contributed by atoms with Crippen molar-refractivity contribution in [3.05, 3.63) is 35.4 Å². The van der Waals surface area contributed by atoms with Crippen molar-refractivity contribution in [3.8, 4) is 0 Å². The van der Waals surface area contributed by atoms with Gasteiger partial charge in [-0.15, -0.1) is 0 Å². The number of benzene rings is 1. The van der Waals surface area contributed by atoms with Crippen LogP contribution in [0.1, 0.15) is 39.4 Å². The van der Waals surface area contributed by atoms with Crippen LogP contribution in [0.25, 0.3) is 0 Å². The van der Waals surface area contributed by atoms with Crippen molar-refractivity contribution < 1.29 is 13.6 Å². The van der Waals surface area contributed by atoms with E-state index in [1.165, 1.54) is 12.1 Å². The Morgan fingerprint density at radius 3 is 2.62 bits per heavy atom. The van der Waals surface area contributed by atoms with Gasteiger partial charge in [0.1, 0.15) is 17.8 Å². The van der Waals surface area contributed by atoms with Crippen molar-refractivity contribution >= 4 is 5.91 Å². The minimum absolute atomic E-state index is 0.0504. The highest BCUT2D eigenvalue weighted by molar-refractivity contribution is 5.81. The molecule has 1 aromatic rings. The first-order valence-corrected chi connectivity index (χ1v) is 7.18. The third-order valence-electron chi connectivity index (χ3n) is 4.28. The zero-order chi connectivity index (χ0) is 15.8. The number of nitrogens with zero attached hydrogens (tertiary/aromatic N) is 1. The summed E-state index contributed by atoms with van der Waals surface area (Å²) in [5.74, 6) is -1.04. The van der Waals surface area contributed by atoms with Gasteiger partial charge in [-0.25, -0.2) is 8.78 Å². The molecule has 0 bridgehead atoms. The van der Waals surface area contributed by atoms with Crippen LogP contribution < -0.4 is 5.32 Å². The van der Waals surface area contributed by atoms with E-state index in [-0.39, 0.29) is 23.8 Å². The number of amides is 1. The van der Waals surface area contributed by atoms with Gasteiger partial charge in [0.2, 0.25) is 5.91 Å². The first-order chi connectivity index (χ1) is 9.70. The van der Waals surface area contributed by atoms with Crippen LogP contribution in [0, 0.1) is 23.0 Å². The smallest absolute Gasteiger partial charge is 0.238 e. The number of carbonyl (C=O) groups excluding carboxylic acids is 1. The standard InChI is InChI=1S/C16H22F2N2O/c1-10(16(2,3)4)9-20-14(21)8-19-15(20)12-6-5-11(17)7-13(12)18/h5-7,10,15,19H,8-9H2,1-4H3. The monoisotopic (exact) mass is 296 g/mol. The summed E-state index contributed by atoms with van der Waals surface area (Å²) in [5.41, 5.74) is 0.359. The van der Waals surface area contributed by atoms with Gasteiger partial charge in [-0.05, 0) is 23.5 Å². The number of hydrogen-bond donors (Lipinski definition) is 1. The predicted octanol–water partition coefficient (Wildman–Crippen LogP) is 3.08. The average Bonchev–Trinajstić information content (AvgIpc) is 2.70. The molecule has 0 spiro atoms. The lowest BCUT2D eigenvalue weighted by molar-refractivity contribution is -0.129. The molecule has 3 nitrogen and oxygen atoms in total. The van der Waals surface area contributed by atoms with Gasteiger partial charge in [0.25, 0.3) is 0 Å². The molecule has 21 heavy (non-hydrogen) atoms. The second-order valence-corrected chi connectivity index (χ2v) is 6.76. The summed E-state index contributed by atoms with van der Waals surface area (Å²) in [6, 6.07) is 3.47. The van der Waals surface area contributed by atoms with Crippen LogP contribution in [0.4, 0.5) is 8.78 Å². The highest BCUT2D eigenvalue weighted by Gasteiger charge is 2.35. The lowest BCUT2D eigenvalue weighted by atomic mass is 9.81. The second-order valence-electron chi connectivity index (χ2n) is 6.76. The lowest BCUT2D eigenvalue weighted by Gasteiger charge is -2.34. The molecule has 1 aliphatic heterocycles. The van der Waals surface area contributed by atoms with Crippen LogP contribution in [0.5, 0.6) is 0 Å². The summed E-state index contributed by atoms with van der Waals surface area (Å²) >= 11 is 0. The number of hydrogen-bond acceptors (Lipinski definition) is 2. The molecule has 1 aliphatic rings. The Labute approximate surface area is 124 Å². The van der Waals surface area contributed by atoms with Gasteiger partial charge in [-0.1, -0.05) is 27.7 Å².